The topological polar surface area (TPSA) is 87.7 Å². The van der Waals surface area contributed by atoms with Crippen LogP contribution in [0.5, 0.6) is 0 Å². The number of nitrogens with one attached hydrogen (secondary N) is 2. The van der Waals surface area contributed by atoms with Crippen LogP contribution in [-0.2, 0) is 14.3 Å². The van der Waals surface area contributed by atoms with Crippen LogP contribution in [0, 0.1) is 12.8 Å². The van der Waals surface area contributed by atoms with Crippen LogP contribution in [0.3, 0.4) is 0 Å². The van der Waals surface area contributed by atoms with Crippen LogP contribution in [0.1, 0.15) is 99.2 Å². The van der Waals surface area contributed by atoms with Crippen molar-refractivity contribution in [2.45, 2.75) is 118 Å². The number of nitrogens with zero attached hydrogens (tertiary/aromatic N) is 1. The van der Waals surface area contributed by atoms with Gasteiger partial charge in [0.1, 0.15) is 17.7 Å². The van der Waals surface area contributed by atoms with E-state index in [0.717, 1.165) is 24.0 Å². The van der Waals surface area contributed by atoms with E-state index in [2.05, 4.69) is 17.6 Å². The average Bonchev–Trinajstić information content (AvgIpc) is 2.67. The summed E-state index contributed by atoms with van der Waals surface area (Å²) < 4.78 is 5.42. The number of ether oxygens (including phenoxy) is 1. The number of carbonyl (C=O) groups is 3. The van der Waals surface area contributed by atoms with Crippen LogP contribution >= 0.6 is 0 Å². The molecule has 0 spiro atoms. The zero-order valence-corrected chi connectivity index (χ0v) is 23.6. The molecule has 0 aliphatic rings. The summed E-state index contributed by atoms with van der Waals surface area (Å²) in [5, 5.41) is 5.86. The maximum Gasteiger partial charge on any atom is 0.408 e. The number of hydrogen-bond acceptors (Lipinski definition) is 4. The van der Waals surface area contributed by atoms with Gasteiger partial charge in [0.25, 0.3) is 0 Å². The number of alkyl carbamates (subject to hydrolysis) is 1. The molecule has 0 fully saturated rings. The Hall–Kier alpha value is -2.57. The van der Waals surface area contributed by atoms with E-state index in [1.807, 2.05) is 72.7 Å². The molecule has 0 heterocycles. The lowest BCUT2D eigenvalue weighted by atomic mass is 9.92. The van der Waals surface area contributed by atoms with E-state index in [4.69, 9.17) is 4.74 Å². The Balaban J connectivity index is 3.54. The van der Waals surface area contributed by atoms with Crippen LogP contribution < -0.4 is 10.6 Å². The molecule has 0 saturated heterocycles. The molecule has 3 atom stereocenters. The minimum atomic E-state index is -0.864. The van der Waals surface area contributed by atoms with Crippen molar-refractivity contribution in [2.24, 2.45) is 5.92 Å². The normalized spacial score (nSPS) is 14.6. The van der Waals surface area contributed by atoms with Gasteiger partial charge in [-0.05, 0) is 73.3 Å². The van der Waals surface area contributed by atoms with Crippen molar-refractivity contribution in [1.82, 2.24) is 15.5 Å². The molecule has 7 nitrogen and oxygen atoms in total. The van der Waals surface area contributed by atoms with Crippen LogP contribution in [0.15, 0.2) is 24.3 Å². The second-order valence-corrected chi connectivity index (χ2v) is 11.8. The molecule has 198 valence electrons. The largest absolute Gasteiger partial charge is 0.444 e. The smallest absolute Gasteiger partial charge is 0.408 e. The third-order valence-corrected chi connectivity index (χ3v) is 5.54. The molecular formula is C28H47N3O4. The molecule has 0 aliphatic heterocycles. The van der Waals surface area contributed by atoms with Gasteiger partial charge in [0.15, 0.2) is 0 Å². The first-order valence-corrected chi connectivity index (χ1v) is 12.7. The van der Waals surface area contributed by atoms with Crippen LogP contribution in [0.2, 0.25) is 0 Å². The van der Waals surface area contributed by atoms with Gasteiger partial charge in [0.05, 0.1) is 0 Å². The number of hydrogen-bond donors (Lipinski definition) is 2. The molecule has 0 aliphatic carbocycles. The van der Waals surface area contributed by atoms with Crippen molar-refractivity contribution in [3.05, 3.63) is 35.4 Å². The SMILES string of the molecule is CCCC(C)NC(=O)C(c1cccc(C)c1)N(C(=O)C(NC(=O)OC(C)(C)C)C(C)C)C(C)(C)C. The number of amides is 3. The van der Waals surface area contributed by atoms with Gasteiger partial charge in [-0.3, -0.25) is 9.59 Å². The average molecular weight is 490 g/mol. The highest BCUT2D eigenvalue weighted by Crippen LogP contribution is 2.31. The molecule has 1 aromatic carbocycles. The monoisotopic (exact) mass is 489 g/mol. The van der Waals surface area contributed by atoms with E-state index >= 15 is 0 Å². The highest BCUT2D eigenvalue weighted by atomic mass is 16.6. The summed E-state index contributed by atoms with van der Waals surface area (Å²) >= 11 is 0. The molecule has 0 saturated carbocycles. The minimum absolute atomic E-state index is 0.0301. The highest BCUT2D eigenvalue weighted by molar-refractivity contribution is 5.93. The van der Waals surface area contributed by atoms with Gasteiger partial charge in [0, 0.05) is 11.6 Å². The van der Waals surface area contributed by atoms with Gasteiger partial charge < -0.3 is 20.3 Å². The third-order valence-electron chi connectivity index (χ3n) is 5.54. The van der Waals surface area contributed by atoms with Crippen LogP contribution in [0.4, 0.5) is 4.79 Å². The molecular weight excluding hydrogens is 442 g/mol. The lowest BCUT2D eigenvalue weighted by Gasteiger charge is -2.44. The fourth-order valence-electron chi connectivity index (χ4n) is 4.03. The van der Waals surface area contributed by atoms with Crippen molar-refractivity contribution in [2.75, 3.05) is 0 Å². The fraction of sp³-hybridized carbons (Fsp3) is 0.679. The molecule has 2 N–H and O–H groups in total. The molecule has 35 heavy (non-hydrogen) atoms. The summed E-state index contributed by atoms with van der Waals surface area (Å²) in [6.45, 7) is 20.8. The Labute approximate surface area is 212 Å². The fourth-order valence-corrected chi connectivity index (χ4v) is 4.03. The summed E-state index contributed by atoms with van der Waals surface area (Å²) in [5.74, 6) is -0.789. The van der Waals surface area contributed by atoms with Crippen molar-refractivity contribution in [3.8, 4) is 0 Å². The predicted octanol–water partition coefficient (Wildman–Crippen LogP) is 5.52. The van der Waals surface area contributed by atoms with Crippen molar-refractivity contribution in [3.63, 3.8) is 0 Å². The summed E-state index contributed by atoms with van der Waals surface area (Å²) in [6.07, 6.45) is 1.12. The van der Waals surface area contributed by atoms with E-state index in [9.17, 15) is 14.4 Å². The quantitative estimate of drug-likeness (QED) is 0.478. The first kappa shape index (κ1) is 30.5. The van der Waals surface area contributed by atoms with Crippen molar-refractivity contribution < 1.29 is 19.1 Å². The Morgan fingerprint density at radius 2 is 1.60 bits per heavy atom. The van der Waals surface area contributed by atoms with Gasteiger partial charge in [-0.15, -0.1) is 0 Å². The first-order valence-electron chi connectivity index (χ1n) is 12.7. The molecule has 0 aromatic heterocycles. The Bertz CT molecular complexity index is 868. The molecule has 0 radical (unpaired) electrons. The van der Waals surface area contributed by atoms with Gasteiger partial charge in [-0.2, -0.15) is 0 Å². The second kappa shape index (κ2) is 12.4. The first-order chi connectivity index (χ1) is 16.0. The molecule has 3 amide bonds. The third kappa shape index (κ3) is 9.54. The highest BCUT2D eigenvalue weighted by Gasteiger charge is 2.42. The number of benzene rings is 1. The summed E-state index contributed by atoms with van der Waals surface area (Å²) in [4.78, 5) is 42.1. The van der Waals surface area contributed by atoms with E-state index < -0.39 is 29.3 Å². The lowest BCUT2D eigenvalue weighted by Crippen LogP contribution is -2.60. The van der Waals surface area contributed by atoms with Gasteiger partial charge in [0.2, 0.25) is 11.8 Å². The Morgan fingerprint density at radius 3 is 2.06 bits per heavy atom. The molecule has 1 aromatic rings. The van der Waals surface area contributed by atoms with E-state index in [1.165, 1.54) is 0 Å². The molecule has 0 bridgehead atoms. The van der Waals surface area contributed by atoms with Crippen molar-refractivity contribution >= 4 is 17.9 Å². The van der Waals surface area contributed by atoms with E-state index in [1.54, 1.807) is 25.7 Å². The zero-order chi connectivity index (χ0) is 27.1. The number of aryl methyl sites for hydroxylation is 1. The Kier molecular flexibility index (Phi) is 10.8. The second-order valence-electron chi connectivity index (χ2n) is 11.8. The summed E-state index contributed by atoms with van der Waals surface area (Å²) in [6, 6.07) is 5.91. The van der Waals surface area contributed by atoms with Gasteiger partial charge in [-0.1, -0.05) is 57.0 Å². The van der Waals surface area contributed by atoms with Gasteiger partial charge >= 0.3 is 6.09 Å². The van der Waals surface area contributed by atoms with E-state index in [-0.39, 0.29) is 23.8 Å². The van der Waals surface area contributed by atoms with E-state index in [0.29, 0.717) is 0 Å². The standard InChI is InChI=1S/C28H47N3O4/c1-12-14-20(5)29-24(32)23(21-16-13-15-19(4)17-21)31(27(6,7)8)25(33)22(18(2)3)30-26(34)35-28(9,10)11/h13,15-18,20,22-23H,12,14H2,1-11H3,(H,29,32)(H,30,34). The van der Waals surface area contributed by atoms with Crippen LogP contribution in [-0.4, -0.2) is 46.0 Å². The molecule has 1 rings (SSSR count). The minimum Gasteiger partial charge on any atom is -0.444 e. The summed E-state index contributed by atoms with van der Waals surface area (Å²) in [5.41, 5.74) is 0.321. The molecule has 7 heteroatoms. The Morgan fingerprint density at radius 1 is 1.00 bits per heavy atom. The van der Waals surface area contributed by atoms with Gasteiger partial charge in [-0.25, -0.2) is 4.79 Å². The molecule has 3 unspecified atom stereocenters. The van der Waals surface area contributed by atoms with Crippen LogP contribution in [0.25, 0.3) is 0 Å². The maximum absolute atomic E-state index is 14.1. The predicted molar refractivity (Wildman–Crippen MR) is 141 cm³/mol. The van der Waals surface area contributed by atoms with Crippen molar-refractivity contribution in [1.29, 1.82) is 0 Å². The number of rotatable bonds is 9. The maximum atomic E-state index is 14.1. The number of carbonyl (C=O) groups excluding carboxylic acids is 3. The summed E-state index contributed by atoms with van der Waals surface area (Å²) in [7, 11) is 0. The zero-order valence-electron chi connectivity index (χ0n) is 23.6. The lowest BCUT2D eigenvalue weighted by molar-refractivity contribution is -0.149.